The molecule has 0 atom stereocenters. The third-order valence-electron chi connectivity index (χ3n) is 14.4. The number of benzene rings is 1. The van der Waals surface area contributed by atoms with E-state index in [2.05, 4.69) is 38.1 Å². The molecule has 48 heavy (non-hydrogen) atoms. The second-order valence-corrected chi connectivity index (χ2v) is 17.9. The molecular formula is C44H82N4+4. The molecule has 6 aliphatic heterocycles. The molecule has 6 aliphatic rings. The summed E-state index contributed by atoms with van der Waals surface area (Å²) in [5.41, 5.74) is 3.40. The summed E-state index contributed by atoms with van der Waals surface area (Å²) >= 11 is 0. The highest BCUT2D eigenvalue weighted by Crippen LogP contribution is 2.34. The fourth-order valence-electron chi connectivity index (χ4n) is 10.5. The summed E-state index contributed by atoms with van der Waals surface area (Å²) in [6.07, 6.45) is 29.2. The summed E-state index contributed by atoms with van der Waals surface area (Å²) in [4.78, 5) is 0. The number of rotatable bonds is 26. The summed E-state index contributed by atoms with van der Waals surface area (Å²) in [6.45, 7) is 27.4. The van der Waals surface area contributed by atoms with Crippen LogP contribution in [0.4, 0.5) is 0 Å². The molecule has 6 fully saturated rings. The Bertz CT molecular complexity index is 904. The molecule has 0 aliphatic carbocycles. The van der Waals surface area contributed by atoms with Crippen LogP contribution in [-0.2, 0) is 13.1 Å². The summed E-state index contributed by atoms with van der Waals surface area (Å²) in [5, 5.41) is 0. The van der Waals surface area contributed by atoms with Crippen molar-refractivity contribution in [2.75, 3.05) is 91.6 Å². The van der Waals surface area contributed by atoms with Crippen molar-refractivity contribution in [3.05, 3.63) is 35.4 Å². The lowest BCUT2D eigenvalue weighted by Gasteiger charge is -2.56. The molecule has 1 aromatic rings. The number of hydrogen-bond acceptors (Lipinski definition) is 0. The third kappa shape index (κ3) is 11.3. The van der Waals surface area contributed by atoms with E-state index in [0.29, 0.717) is 0 Å². The van der Waals surface area contributed by atoms with Crippen LogP contribution >= 0.6 is 0 Å². The van der Waals surface area contributed by atoms with Crippen LogP contribution in [0, 0.1) is 0 Å². The van der Waals surface area contributed by atoms with E-state index in [4.69, 9.17) is 0 Å². The average molecular weight is 667 g/mol. The van der Waals surface area contributed by atoms with Gasteiger partial charge in [0.1, 0.15) is 91.6 Å². The zero-order chi connectivity index (χ0) is 33.4. The predicted molar refractivity (Wildman–Crippen MR) is 207 cm³/mol. The van der Waals surface area contributed by atoms with Gasteiger partial charge >= 0.3 is 0 Å². The van der Waals surface area contributed by atoms with Crippen molar-refractivity contribution in [2.45, 2.75) is 155 Å². The molecule has 0 saturated carbocycles. The highest BCUT2D eigenvalue weighted by molar-refractivity contribution is 5.26. The van der Waals surface area contributed by atoms with Crippen LogP contribution in [0.1, 0.15) is 153 Å². The van der Waals surface area contributed by atoms with E-state index >= 15 is 0 Å². The van der Waals surface area contributed by atoms with Gasteiger partial charge in [0.25, 0.3) is 0 Å². The standard InChI is InChI=1S/C44H82N4/c1-3-5-7-9-11-13-15-17-19-23-27-45-29-35-47(36-30-45,37-31-45)41-43-25-21-22-26-44(43)42-48-38-32-46(33-39-48,34-40-48)28-24-20-18-16-14-12-10-8-6-4-2/h21-22,25-26H,3-20,23-24,27-42H2,1-2H3/q+4. The highest BCUT2D eigenvalue weighted by Gasteiger charge is 2.50. The highest BCUT2D eigenvalue weighted by atomic mass is 15.5. The Balaban J connectivity index is 0.990. The topological polar surface area (TPSA) is 0 Å². The number of unbranched alkanes of at least 4 members (excludes halogenated alkanes) is 18. The maximum Gasteiger partial charge on any atom is 0.129 e. The van der Waals surface area contributed by atoms with Gasteiger partial charge in [-0.1, -0.05) is 141 Å². The molecule has 7 rings (SSSR count). The SMILES string of the molecule is CCCCCCCCCCCC[N+]12CC[N+](Cc3ccccc3C[N+]34CC[N+](CCCCCCCCCCCC)(CC3)CC4)(CC1)CC2. The van der Waals surface area contributed by atoms with Crippen molar-refractivity contribution in [2.24, 2.45) is 0 Å². The zero-order valence-corrected chi connectivity index (χ0v) is 32.6. The van der Waals surface area contributed by atoms with Gasteiger partial charge in [0.05, 0.1) is 13.1 Å². The Morgan fingerprint density at radius 1 is 0.333 bits per heavy atom. The minimum absolute atomic E-state index is 1.30. The van der Waals surface area contributed by atoms with E-state index in [1.54, 1.807) is 11.1 Å². The summed E-state index contributed by atoms with van der Waals surface area (Å²) < 4.78 is 5.68. The van der Waals surface area contributed by atoms with E-state index in [1.165, 1.54) is 251 Å². The molecular weight excluding hydrogens is 585 g/mol. The van der Waals surface area contributed by atoms with E-state index < -0.39 is 0 Å². The van der Waals surface area contributed by atoms with Crippen LogP contribution in [0.3, 0.4) is 0 Å². The van der Waals surface area contributed by atoms with Crippen LogP contribution in [0.2, 0.25) is 0 Å². The van der Waals surface area contributed by atoms with E-state index in [1.807, 2.05) is 0 Å². The number of nitrogens with zero attached hydrogens (tertiary/aromatic N) is 4. The lowest BCUT2D eigenvalue weighted by atomic mass is 9.98. The zero-order valence-electron chi connectivity index (χ0n) is 32.6. The van der Waals surface area contributed by atoms with Gasteiger partial charge in [-0.15, -0.1) is 0 Å². The van der Waals surface area contributed by atoms with Crippen molar-refractivity contribution in [1.82, 2.24) is 0 Å². The lowest BCUT2D eigenvalue weighted by Crippen LogP contribution is -2.75. The van der Waals surface area contributed by atoms with E-state index in [0.717, 1.165) is 0 Å². The second-order valence-electron chi connectivity index (χ2n) is 17.9. The molecule has 0 spiro atoms. The third-order valence-corrected chi connectivity index (χ3v) is 14.4. The first-order valence-corrected chi connectivity index (χ1v) is 22.0. The Hall–Kier alpha value is -0.940. The van der Waals surface area contributed by atoms with E-state index in [-0.39, 0.29) is 0 Å². The van der Waals surface area contributed by atoms with Crippen LogP contribution in [0.15, 0.2) is 24.3 Å². The van der Waals surface area contributed by atoms with Crippen LogP contribution < -0.4 is 0 Å². The predicted octanol–water partition coefficient (Wildman–Crippen LogP) is 9.85. The monoisotopic (exact) mass is 667 g/mol. The Labute approximate surface area is 299 Å². The van der Waals surface area contributed by atoms with Crippen molar-refractivity contribution < 1.29 is 17.9 Å². The summed E-state index contributed by atoms with van der Waals surface area (Å²) in [5.74, 6) is 0. The minimum Gasteiger partial charge on any atom is -0.310 e. The van der Waals surface area contributed by atoms with Crippen LogP contribution in [0.5, 0.6) is 0 Å². The van der Waals surface area contributed by atoms with Crippen molar-refractivity contribution in [1.29, 1.82) is 0 Å². The molecule has 4 nitrogen and oxygen atoms in total. The minimum atomic E-state index is 1.30. The lowest BCUT2D eigenvalue weighted by molar-refractivity contribution is -1.09. The van der Waals surface area contributed by atoms with Crippen molar-refractivity contribution in [3.8, 4) is 0 Å². The first-order valence-electron chi connectivity index (χ1n) is 22.0. The summed E-state index contributed by atoms with van der Waals surface area (Å²) in [6, 6.07) is 9.74. The molecule has 0 unspecified atom stereocenters. The average Bonchev–Trinajstić information content (AvgIpc) is 3.12. The summed E-state index contributed by atoms with van der Waals surface area (Å²) in [7, 11) is 0. The molecule has 1 aromatic carbocycles. The fraction of sp³-hybridized carbons (Fsp3) is 0.864. The normalized spacial score (nSPS) is 29.5. The Morgan fingerprint density at radius 2 is 0.583 bits per heavy atom. The largest absolute Gasteiger partial charge is 0.310 e. The number of hydrogen-bond donors (Lipinski definition) is 0. The maximum atomic E-state index is 2.52. The van der Waals surface area contributed by atoms with Gasteiger partial charge in [-0.25, -0.2) is 0 Å². The molecule has 274 valence electrons. The first-order chi connectivity index (χ1) is 23.5. The van der Waals surface area contributed by atoms with Gasteiger partial charge < -0.3 is 17.9 Å². The van der Waals surface area contributed by atoms with Gasteiger partial charge in [-0.05, 0) is 25.7 Å². The quantitative estimate of drug-likeness (QED) is 0.0682. The van der Waals surface area contributed by atoms with Gasteiger partial charge in [0.2, 0.25) is 0 Å². The smallest absolute Gasteiger partial charge is 0.129 e. The second kappa shape index (κ2) is 19.6. The van der Waals surface area contributed by atoms with Crippen LogP contribution in [0.25, 0.3) is 0 Å². The van der Waals surface area contributed by atoms with Crippen molar-refractivity contribution in [3.63, 3.8) is 0 Å². The maximum absolute atomic E-state index is 2.52. The molecule has 4 heteroatoms. The van der Waals surface area contributed by atoms with Gasteiger partial charge in [0, 0.05) is 11.1 Å². The number of fused-ring (bicyclic) bond motifs is 6. The number of quaternary nitrogens is 4. The molecule has 0 amide bonds. The molecule has 0 N–H and O–H groups in total. The molecule has 4 bridgehead atoms. The first kappa shape index (κ1) is 38.3. The number of piperazine rings is 6. The van der Waals surface area contributed by atoms with Gasteiger partial charge in [0.15, 0.2) is 0 Å². The molecule has 6 heterocycles. The van der Waals surface area contributed by atoms with Gasteiger partial charge in [-0.2, -0.15) is 0 Å². The Morgan fingerprint density at radius 3 is 0.875 bits per heavy atom. The molecule has 0 aromatic heterocycles. The Kier molecular flexibility index (Phi) is 15.6. The fourth-order valence-corrected chi connectivity index (χ4v) is 10.5. The molecule has 0 radical (unpaired) electrons. The molecule has 6 saturated heterocycles. The van der Waals surface area contributed by atoms with Crippen LogP contribution in [-0.4, -0.2) is 110 Å². The van der Waals surface area contributed by atoms with Gasteiger partial charge in [-0.3, -0.25) is 0 Å². The van der Waals surface area contributed by atoms with Crippen molar-refractivity contribution >= 4 is 0 Å². The van der Waals surface area contributed by atoms with E-state index in [9.17, 15) is 0 Å².